The summed E-state index contributed by atoms with van der Waals surface area (Å²) < 4.78 is 10.5. The maximum Gasteiger partial charge on any atom is 2.00 e. The standard InChI is InChI=1S/C40H22N6O.Pt/c1-3-7-25(8-4-1)31-21-33-29-13-11-27(19-34(29)38-42-15-17-45(38)37(33)22-32(31)26-9-5-2-6-10-26)47-28-12-14-30-35(20-28)39-43-16-18-46(39)40-36(30)23-41-24-44-40;/h1-18,21-24H;/q-2;+2. The van der Waals surface area contributed by atoms with Gasteiger partial charge in [0.25, 0.3) is 0 Å². The summed E-state index contributed by atoms with van der Waals surface area (Å²) in [6.07, 6.45) is 10.9. The number of benzene rings is 5. The van der Waals surface area contributed by atoms with E-state index in [0.717, 1.165) is 65.9 Å². The number of rotatable bonds is 4. The van der Waals surface area contributed by atoms with Gasteiger partial charge < -0.3 is 13.5 Å². The molecule has 0 aliphatic heterocycles. The molecular formula is C40H22N6OPt. The van der Waals surface area contributed by atoms with Gasteiger partial charge in [0.15, 0.2) is 0 Å². The van der Waals surface area contributed by atoms with Gasteiger partial charge in [-0.05, 0) is 33.7 Å². The molecule has 7 nitrogen and oxygen atoms in total. The Morgan fingerprint density at radius 1 is 0.542 bits per heavy atom. The zero-order chi connectivity index (χ0) is 30.9. The molecule has 5 aromatic carbocycles. The molecule has 228 valence electrons. The van der Waals surface area contributed by atoms with Gasteiger partial charge in [-0.1, -0.05) is 113 Å². The van der Waals surface area contributed by atoms with Crippen LogP contribution in [0.5, 0.6) is 11.5 Å². The third-order valence-electron chi connectivity index (χ3n) is 8.85. The third kappa shape index (κ3) is 4.32. The molecule has 0 aliphatic carbocycles. The number of nitrogens with zero attached hydrogens (tertiary/aromatic N) is 6. The van der Waals surface area contributed by atoms with Crippen molar-refractivity contribution >= 4 is 54.8 Å². The maximum absolute atomic E-state index is 6.42. The Kier molecular flexibility index (Phi) is 6.56. The molecule has 0 radical (unpaired) electrons. The fraction of sp³-hybridized carbons (Fsp3) is 0. The van der Waals surface area contributed by atoms with Gasteiger partial charge in [-0.15, -0.1) is 12.1 Å². The predicted octanol–water partition coefficient (Wildman–Crippen LogP) is 9.11. The molecule has 0 atom stereocenters. The number of hydrogen-bond donors (Lipinski definition) is 0. The van der Waals surface area contributed by atoms with Crippen molar-refractivity contribution in [3.05, 3.63) is 147 Å². The molecule has 10 aromatic rings. The normalized spacial score (nSPS) is 11.6. The second-order valence-corrected chi connectivity index (χ2v) is 11.5. The van der Waals surface area contributed by atoms with Gasteiger partial charge in [0, 0.05) is 53.4 Å². The molecular weight excluding hydrogens is 776 g/mol. The first kappa shape index (κ1) is 28.3. The van der Waals surface area contributed by atoms with Crippen molar-refractivity contribution in [3.8, 4) is 33.8 Å². The average molecular weight is 798 g/mol. The number of ether oxygens (including phenoxy) is 1. The molecule has 5 aromatic heterocycles. The second-order valence-electron chi connectivity index (χ2n) is 11.5. The molecule has 0 saturated heterocycles. The van der Waals surface area contributed by atoms with Gasteiger partial charge in [0.1, 0.15) is 12.0 Å². The Hall–Kier alpha value is -5.91. The molecule has 0 spiro atoms. The van der Waals surface area contributed by atoms with Gasteiger partial charge in [-0.25, -0.2) is 9.97 Å². The summed E-state index contributed by atoms with van der Waals surface area (Å²) >= 11 is 0. The Balaban J connectivity index is 0.00000314. The largest absolute Gasteiger partial charge is 2.00 e. The van der Waals surface area contributed by atoms with Crippen molar-refractivity contribution in [1.82, 2.24) is 28.7 Å². The Morgan fingerprint density at radius 2 is 1.12 bits per heavy atom. The summed E-state index contributed by atoms with van der Waals surface area (Å²) in [5.41, 5.74) is 8.11. The molecule has 0 saturated carbocycles. The summed E-state index contributed by atoms with van der Waals surface area (Å²) in [5, 5.41) is 5.76. The van der Waals surface area contributed by atoms with E-state index in [9.17, 15) is 0 Å². The fourth-order valence-electron chi connectivity index (χ4n) is 6.75. The van der Waals surface area contributed by atoms with Crippen LogP contribution in [0.25, 0.3) is 77.0 Å². The van der Waals surface area contributed by atoms with Crippen molar-refractivity contribution in [1.29, 1.82) is 0 Å². The Morgan fingerprint density at radius 3 is 1.79 bits per heavy atom. The van der Waals surface area contributed by atoms with E-state index in [1.165, 1.54) is 11.1 Å². The van der Waals surface area contributed by atoms with Crippen molar-refractivity contribution < 1.29 is 25.8 Å². The van der Waals surface area contributed by atoms with E-state index in [1.807, 2.05) is 47.4 Å². The van der Waals surface area contributed by atoms with Crippen molar-refractivity contribution in [2.45, 2.75) is 0 Å². The molecule has 5 heterocycles. The maximum atomic E-state index is 6.42. The van der Waals surface area contributed by atoms with E-state index >= 15 is 0 Å². The van der Waals surface area contributed by atoms with Crippen LogP contribution in [-0.4, -0.2) is 28.7 Å². The van der Waals surface area contributed by atoms with E-state index in [2.05, 4.69) is 110 Å². The smallest absolute Gasteiger partial charge is 0.497 e. The van der Waals surface area contributed by atoms with E-state index in [1.54, 1.807) is 12.5 Å². The number of pyridine rings is 2. The molecule has 8 heteroatoms. The quantitative estimate of drug-likeness (QED) is 0.131. The Bertz CT molecular complexity index is 2830. The van der Waals surface area contributed by atoms with Crippen LogP contribution in [0.3, 0.4) is 0 Å². The predicted molar refractivity (Wildman–Crippen MR) is 185 cm³/mol. The van der Waals surface area contributed by atoms with Crippen LogP contribution in [0.15, 0.2) is 134 Å². The first-order chi connectivity index (χ1) is 23.3. The van der Waals surface area contributed by atoms with Gasteiger partial charge in [-0.3, -0.25) is 9.97 Å². The van der Waals surface area contributed by atoms with Crippen LogP contribution in [0.2, 0.25) is 0 Å². The van der Waals surface area contributed by atoms with E-state index in [4.69, 9.17) is 9.72 Å². The first-order valence-corrected chi connectivity index (χ1v) is 15.3. The zero-order valence-corrected chi connectivity index (χ0v) is 27.4. The fourth-order valence-corrected chi connectivity index (χ4v) is 6.75. The number of imidazole rings is 2. The van der Waals surface area contributed by atoms with Crippen molar-refractivity contribution in [3.63, 3.8) is 0 Å². The molecule has 0 amide bonds. The minimum atomic E-state index is 0. The summed E-state index contributed by atoms with van der Waals surface area (Å²) in [7, 11) is 0. The van der Waals surface area contributed by atoms with Crippen LogP contribution in [0, 0.1) is 12.1 Å². The van der Waals surface area contributed by atoms with Gasteiger partial charge in [0.05, 0.1) is 11.3 Å². The monoisotopic (exact) mass is 797 g/mol. The van der Waals surface area contributed by atoms with E-state index < -0.39 is 0 Å². The third-order valence-corrected chi connectivity index (χ3v) is 8.85. The topological polar surface area (TPSA) is 69.6 Å². The SMILES string of the molecule is [Pt+2].[c-]1c(Oc2[c-]c3c(cc2)c2cncnc2n2ccnc32)ccc2c1c1nccn1c1cc(-c3ccccc3)c(-c3ccccc3)cc21. The minimum Gasteiger partial charge on any atom is -0.497 e. The molecule has 48 heavy (non-hydrogen) atoms. The van der Waals surface area contributed by atoms with Crippen molar-refractivity contribution in [2.24, 2.45) is 0 Å². The van der Waals surface area contributed by atoms with E-state index in [-0.39, 0.29) is 21.1 Å². The zero-order valence-electron chi connectivity index (χ0n) is 25.1. The Labute approximate surface area is 288 Å². The van der Waals surface area contributed by atoms with Crippen LogP contribution in [0.1, 0.15) is 0 Å². The summed E-state index contributed by atoms with van der Waals surface area (Å²) in [4.78, 5) is 18.1. The number of fused-ring (bicyclic) bond motifs is 12. The molecule has 0 N–H and O–H groups in total. The van der Waals surface area contributed by atoms with Crippen LogP contribution in [-0.2, 0) is 21.1 Å². The summed E-state index contributed by atoms with van der Waals surface area (Å²) in [5.74, 6) is 1.14. The van der Waals surface area contributed by atoms with E-state index in [0.29, 0.717) is 11.5 Å². The molecule has 0 aliphatic rings. The molecule has 0 unspecified atom stereocenters. The first-order valence-electron chi connectivity index (χ1n) is 15.3. The minimum absolute atomic E-state index is 0. The molecule has 0 bridgehead atoms. The van der Waals surface area contributed by atoms with Crippen LogP contribution < -0.4 is 4.74 Å². The van der Waals surface area contributed by atoms with Gasteiger partial charge >= 0.3 is 21.1 Å². The molecule has 10 rings (SSSR count). The molecule has 0 fully saturated rings. The van der Waals surface area contributed by atoms with Crippen LogP contribution >= 0.6 is 0 Å². The van der Waals surface area contributed by atoms with Crippen molar-refractivity contribution in [2.75, 3.05) is 0 Å². The van der Waals surface area contributed by atoms with Gasteiger partial charge in [-0.2, -0.15) is 0 Å². The van der Waals surface area contributed by atoms with Gasteiger partial charge in [0.2, 0.25) is 0 Å². The van der Waals surface area contributed by atoms with Crippen LogP contribution in [0.4, 0.5) is 0 Å². The summed E-state index contributed by atoms with van der Waals surface area (Å²) in [6.45, 7) is 0. The number of aromatic nitrogens is 6. The average Bonchev–Trinajstić information content (AvgIpc) is 3.84. The summed E-state index contributed by atoms with van der Waals surface area (Å²) in [6, 6.07) is 40.6. The second kappa shape index (κ2) is 11.1. The number of hydrogen-bond acceptors (Lipinski definition) is 5.